The quantitative estimate of drug-likeness (QED) is 0.543. The monoisotopic (exact) mass is 452 g/mol. The van der Waals surface area contributed by atoms with Crippen molar-refractivity contribution in [3.63, 3.8) is 0 Å². The number of anilines is 1. The molecule has 0 fully saturated rings. The van der Waals surface area contributed by atoms with Gasteiger partial charge in [-0.25, -0.2) is 18.1 Å². The average molecular weight is 453 g/mol. The predicted octanol–water partition coefficient (Wildman–Crippen LogP) is 2.55. The molecular formula is C19H21ClN4O5S. The normalized spacial score (nSPS) is 11.5. The maximum absolute atomic E-state index is 12.5. The topological polar surface area (TPSA) is 112 Å². The number of fused-ring (bicyclic) bond motifs is 1. The van der Waals surface area contributed by atoms with E-state index in [0.29, 0.717) is 28.0 Å². The van der Waals surface area contributed by atoms with Crippen molar-refractivity contribution >= 4 is 44.5 Å². The van der Waals surface area contributed by atoms with Crippen LogP contribution in [-0.2, 0) is 21.9 Å². The van der Waals surface area contributed by atoms with Crippen LogP contribution in [0.2, 0.25) is 5.02 Å². The number of rotatable bonds is 8. The van der Waals surface area contributed by atoms with E-state index in [2.05, 4.69) is 15.0 Å². The van der Waals surface area contributed by atoms with E-state index >= 15 is 0 Å². The fourth-order valence-corrected chi connectivity index (χ4v) is 4.05. The van der Waals surface area contributed by atoms with Crippen molar-refractivity contribution in [3.05, 3.63) is 41.4 Å². The molecule has 0 radical (unpaired) electrons. The zero-order valence-electron chi connectivity index (χ0n) is 16.6. The number of benzene rings is 2. The van der Waals surface area contributed by atoms with Crippen molar-refractivity contribution in [2.24, 2.45) is 7.05 Å². The largest absolute Gasteiger partial charge is 0.493 e. The highest BCUT2D eigenvalue weighted by atomic mass is 35.5. The molecule has 2 aromatic carbocycles. The number of carbonyl (C=O) groups excluding carboxylic acids is 1. The Morgan fingerprint density at radius 3 is 2.57 bits per heavy atom. The van der Waals surface area contributed by atoms with E-state index in [1.165, 1.54) is 32.4 Å². The maximum Gasteiger partial charge on any atom is 0.240 e. The molecule has 0 saturated heterocycles. The van der Waals surface area contributed by atoms with E-state index in [1.54, 1.807) is 29.8 Å². The Morgan fingerprint density at radius 1 is 1.13 bits per heavy atom. The third-order valence-corrected chi connectivity index (χ3v) is 6.10. The van der Waals surface area contributed by atoms with E-state index < -0.39 is 10.0 Å². The van der Waals surface area contributed by atoms with Gasteiger partial charge in [-0.1, -0.05) is 11.6 Å². The van der Waals surface area contributed by atoms with Gasteiger partial charge in [0.25, 0.3) is 0 Å². The Hall–Kier alpha value is -2.82. The minimum atomic E-state index is -3.82. The van der Waals surface area contributed by atoms with Gasteiger partial charge in [0.2, 0.25) is 21.9 Å². The van der Waals surface area contributed by atoms with Gasteiger partial charge in [0, 0.05) is 31.1 Å². The third kappa shape index (κ3) is 4.66. The molecule has 1 aromatic heterocycles. The molecule has 0 atom stereocenters. The lowest BCUT2D eigenvalue weighted by atomic mass is 10.3. The van der Waals surface area contributed by atoms with Crippen LogP contribution < -0.4 is 19.5 Å². The predicted molar refractivity (Wildman–Crippen MR) is 114 cm³/mol. The molecule has 0 saturated carbocycles. The fourth-order valence-electron chi connectivity index (χ4n) is 2.84. The molecule has 0 aliphatic heterocycles. The lowest BCUT2D eigenvalue weighted by Gasteiger charge is -2.11. The zero-order chi connectivity index (χ0) is 21.9. The van der Waals surface area contributed by atoms with Gasteiger partial charge in [-0.2, -0.15) is 0 Å². The molecule has 0 aliphatic carbocycles. The number of nitrogens with zero attached hydrogens (tertiary/aromatic N) is 2. The molecule has 0 bridgehead atoms. The van der Waals surface area contributed by atoms with Crippen LogP contribution in [-0.4, -0.2) is 44.6 Å². The number of methoxy groups -OCH3 is 2. The summed E-state index contributed by atoms with van der Waals surface area (Å²) in [5.41, 5.74) is 1.46. The molecule has 11 heteroatoms. The number of aromatic nitrogens is 2. The van der Waals surface area contributed by atoms with Gasteiger partial charge in [0.1, 0.15) is 0 Å². The first kappa shape index (κ1) is 21.9. The second kappa shape index (κ2) is 8.90. The van der Waals surface area contributed by atoms with E-state index in [0.717, 1.165) is 5.52 Å². The first-order chi connectivity index (χ1) is 14.2. The molecule has 1 amide bonds. The summed E-state index contributed by atoms with van der Waals surface area (Å²) in [6.07, 6.45) is -0.0729. The average Bonchev–Trinajstić information content (AvgIpc) is 3.01. The van der Waals surface area contributed by atoms with E-state index in [-0.39, 0.29) is 23.8 Å². The first-order valence-electron chi connectivity index (χ1n) is 8.88. The van der Waals surface area contributed by atoms with Crippen LogP contribution in [0.25, 0.3) is 11.0 Å². The number of hydrogen-bond donors (Lipinski definition) is 2. The summed E-state index contributed by atoms with van der Waals surface area (Å²) >= 11 is 5.97. The molecule has 2 N–H and O–H groups in total. The molecule has 0 aliphatic rings. The smallest absolute Gasteiger partial charge is 0.240 e. The number of imidazole rings is 1. The molecule has 3 rings (SSSR count). The lowest BCUT2D eigenvalue weighted by Crippen LogP contribution is -2.28. The van der Waals surface area contributed by atoms with Gasteiger partial charge in [-0.3, -0.25) is 10.1 Å². The standard InChI is InChI=1S/C19H21ClN4O5S/c1-24-15-6-4-12(20)10-14(15)22-19(24)23-18(25)8-9-21-30(26,27)13-5-7-16(28-2)17(11-13)29-3/h4-7,10-11,21H,8-9H2,1-3H3,(H,22,23,25). The molecule has 160 valence electrons. The van der Waals surface area contributed by atoms with Crippen LogP contribution in [0.3, 0.4) is 0 Å². The number of carbonyl (C=O) groups is 1. The van der Waals surface area contributed by atoms with Gasteiger partial charge in [0.15, 0.2) is 11.5 Å². The Kier molecular flexibility index (Phi) is 6.49. The van der Waals surface area contributed by atoms with Crippen LogP contribution in [0, 0.1) is 0 Å². The summed E-state index contributed by atoms with van der Waals surface area (Å²) in [6.45, 7) is -0.0850. The lowest BCUT2D eigenvalue weighted by molar-refractivity contribution is -0.116. The summed E-state index contributed by atoms with van der Waals surface area (Å²) < 4.78 is 39.3. The minimum Gasteiger partial charge on any atom is -0.493 e. The summed E-state index contributed by atoms with van der Waals surface area (Å²) in [4.78, 5) is 16.6. The van der Waals surface area contributed by atoms with Gasteiger partial charge >= 0.3 is 0 Å². The van der Waals surface area contributed by atoms with Crippen molar-refractivity contribution in [3.8, 4) is 11.5 Å². The molecule has 3 aromatic rings. The second-order valence-electron chi connectivity index (χ2n) is 6.34. The molecule has 0 unspecified atom stereocenters. The molecular weight excluding hydrogens is 432 g/mol. The van der Waals surface area contributed by atoms with Gasteiger partial charge in [0.05, 0.1) is 30.1 Å². The summed E-state index contributed by atoms with van der Waals surface area (Å²) in [6, 6.07) is 9.49. The van der Waals surface area contributed by atoms with Crippen molar-refractivity contribution in [2.75, 3.05) is 26.1 Å². The van der Waals surface area contributed by atoms with E-state index in [4.69, 9.17) is 21.1 Å². The second-order valence-corrected chi connectivity index (χ2v) is 8.54. The minimum absolute atomic E-state index is 0.00721. The van der Waals surface area contributed by atoms with Crippen molar-refractivity contribution in [1.82, 2.24) is 14.3 Å². The fraction of sp³-hybridized carbons (Fsp3) is 0.263. The Balaban J connectivity index is 1.62. The van der Waals surface area contributed by atoms with Gasteiger partial charge in [-0.15, -0.1) is 0 Å². The number of nitrogens with one attached hydrogen (secondary N) is 2. The maximum atomic E-state index is 12.5. The number of sulfonamides is 1. The highest BCUT2D eigenvalue weighted by molar-refractivity contribution is 7.89. The molecule has 9 nitrogen and oxygen atoms in total. The van der Waals surface area contributed by atoms with Crippen LogP contribution >= 0.6 is 11.6 Å². The SMILES string of the molecule is COc1ccc(S(=O)(=O)NCCC(=O)Nc2nc3cc(Cl)ccc3n2C)cc1OC. The molecule has 0 spiro atoms. The van der Waals surface area contributed by atoms with Crippen molar-refractivity contribution in [2.45, 2.75) is 11.3 Å². The third-order valence-electron chi connectivity index (χ3n) is 4.40. The molecule has 30 heavy (non-hydrogen) atoms. The summed E-state index contributed by atoms with van der Waals surface area (Å²) in [7, 11) is 0.820. The van der Waals surface area contributed by atoms with Crippen LogP contribution in [0.1, 0.15) is 6.42 Å². The Bertz CT molecular complexity index is 1190. The summed E-state index contributed by atoms with van der Waals surface area (Å²) in [5.74, 6) is 0.675. The number of hydrogen-bond acceptors (Lipinski definition) is 6. The highest BCUT2D eigenvalue weighted by Crippen LogP contribution is 2.29. The van der Waals surface area contributed by atoms with Crippen LogP contribution in [0.15, 0.2) is 41.3 Å². The zero-order valence-corrected chi connectivity index (χ0v) is 18.2. The van der Waals surface area contributed by atoms with Gasteiger partial charge < -0.3 is 14.0 Å². The highest BCUT2D eigenvalue weighted by Gasteiger charge is 2.18. The van der Waals surface area contributed by atoms with E-state index in [9.17, 15) is 13.2 Å². The van der Waals surface area contributed by atoms with Crippen LogP contribution in [0.5, 0.6) is 11.5 Å². The number of aryl methyl sites for hydroxylation is 1. The Labute approximate surface area is 179 Å². The van der Waals surface area contributed by atoms with Crippen molar-refractivity contribution in [1.29, 1.82) is 0 Å². The van der Waals surface area contributed by atoms with Crippen molar-refractivity contribution < 1.29 is 22.7 Å². The van der Waals surface area contributed by atoms with Crippen LogP contribution in [0.4, 0.5) is 5.95 Å². The summed E-state index contributed by atoms with van der Waals surface area (Å²) in [5, 5.41) is 3.22. The number of amides is 1. The number of halogens is 1. The first-order valence-corrected chi connectivity index (χ1v) is 10.7. The molecule has 1 heterocycles. The van der Waals surface area contributed by atoms with Gasteiger partial charge in [-0.05, 0) is 30.3 Å². The Morgan fingerprint density at radius 2 is 1.87 bits per heavy atom. The van der Waals surface area contributed by atoms with E-state index in [1.807, 2.05) is 0 Å². The number of ether oxygens (including phenoxy) is 2.